The van der Waals surface area contributed by atoms with Crippen LogP contribution in [0, 0.1) is 0 Å². The first-order valence-corrected chi connectivity index (χ1v) is 7.46. The van der Waals surface area contributed by atoms with E-state index in [2.05, 4.69) is 5.32 Å². The molecule has 0 radical (unpaired) electrons. The van der Waals surface area contributed by atoms with Crippen LogP contribution in [0.4, 0.5) is 4.79 Å². The minimum atomic E-state index is -1.50. The van der Waals surface area contributed by atoms with Gasteiger partial charge >= 0.3 is 13.2 Å². The third-order valence-electron chi connectivity index (χ3n) is 3.45. The molecule has 0 aliphatic carbocycles. The molecule has 0 bridgehead atoms. The number of rotatable bonds is 1. The van der Waals surface area contributed by atoms with Gasteiger partial charge in [0.1, 0.15) is 5.60 Å². The van der Waals surface area contributed by atoms with Crippen molar-refractivity contribution in [2.45, 2.75) is 38.6 Å². The zero-order valence-corrected chi connectivity index (χ0v) is 13.2. The van der Waals surface area contributed by atoms with Crippen molar-refractivity contribution in [3.05, 3.63) is 35.7 Å². The topological polar surface area (TPSA) is 82.0 Å². The Kier molecular flexibility index (Phi) is 4.98. The van der Waals surface area contributed by atoms with Crippen LogP contribution in [0.15, 0.2) is 35.7 Å². The van der Waals surface area contributed by atoms with E-state index in [4.69, 9.17) is 4.74 Å². The smallest absolute Gasteiger partial charge is 0.443 e. The van der Waals surface area contributed by atoms with Gasteiger partial charge in [-0.05, 0) is 51.1 Å². The average Bonchev–Trinajstić information content (AvgIpc) is 2.45. The van der Waals surface area contributed by atoms with Crippen LogP contribution in [0.2, 0.25) is 5.82 Å². The molecule has 7 heteroatoms. The summed E-state index contributed by atoms with van der Waals surface area (Å²) in [6, 6.07) is 0. The summed E-state index contributed by atoms with van der Waals surface area (Å²) in [5.41, 5.74) is 1.17. The summed E-state index contributed by atoms with van der Waals surface area (Å²) in [6.45, 7) is 6.40. The molecule has 2 aliphatic rings. The molecule has 1 unspecified atom stereocenters. The Bertz CT molecular complexity index is 520. The Labute approximate surface area is 131 Å². The fourth-order valence-corrected chi connectivity index (χ4v) is 2.39. The molecule has 0 saturated heterocycles. The Hall–Kier alpha value is -1.73. The molecule has 0 spiro atoms. The van der Waals surface area contributed by atoms with E-state index in [1.165, 1.54) is 4.90 Å². The lowest BCUT2D eigenvalue weighted by Gasteiger charge is -2.34. The van der Waals surface area contributed by atoms with Gasteiger partial charge in [-0.15, -0.1) is 0 Å². The Morgan fingerprint density at radius 3 is 2.68 bits per heavy atom. The van der Waals surface area contributed by atoms with E-state index in [1.54, 1.807) is 32.9 Å². The first-order chi connectivity index (χ1) is 10.3. The molecule has 0 saturated carbocycles. The first kappa shape index (κ1) is 16.6. The molecule has 0 aromatic rings. The predicted molar refractivity (Wildman–Crippen MR) is 84.8 cm³/mol. The van der Waals surface area contributed by atoms with Gasteiger partial charge in [0.2, 0.25) is 0 Å². The lowest BCUT2D eigenvalue weighted by Crippen LogP contribution is -2.42. The third-order valence-corrected chi connectivity index (χ3v) is 3.45. The van der Waals surface area contributed by atoms with E-state index in [9.17, 15) is 14.8 Å². The molecule has 3 N–H and O–H groups in total. The molecule has 0 aromatic carbocycles. The van der Waals surface area contributed by atoms with Crippen molar-refractivity contribution < 1.29 is 19.6 Å². The van der Waals surface area contributed by atoms with Crippen LogP contribution in [-0.4, -0.2) is 46.9 Å². The van der Waals surface area contributed by atoms with Crippen LogP contribution >= 0.6 is 0 Å². The minimum absolute atomic E-state index is 0.184. The highest BCUT2D eigenvalue weighted by molar-refractivity contribution is 6.44. The molecule has 1 atom stereocenters. The first-order valence-electron chi connectivity index (χ1n) is 7.46. The largest absolute Gasteiger partial charge is 0.460 e. The van der Waals surface area contributed by atoms with Gasteiger partial charge < -0.3 is 20.1 Å². The van der Waals surface area contributed by atoms with Crippen molar-refractivity contribution in [3.8, 4) is 0 Å². The van der Waals surface area contributed by atoms with Gasteiger partial charge in [-0.2, -0.15) is 0 Å². The summed E-state index contributed by atoms with van der Waals surface area (Å²) in [5, 5.41) is 21.9. The third kappa shape index (κ3) is 4.14. The summed E-state index contributed by atoms with van der Waals surface area (Å²) in [6.07, 6.45) is 7.58. The standard InChI is InChI=1S/C15H23BN2O4/c1-15(2,3)22-14(19)18-10-12(16(20)21)4-5-13(18)11-6-8-17-9-7-11/h4-6,8,12,17,20-21H,7,9-10H2,1-3H3. The molecule has 0 fully saturated rings. The Balaban J connectivity index is 2.32. The summed E-state index contributed by atoms with van der Waals surface area (Å²) in [7, 11) is -1.50. The number of allylic oxidation sites excluding steroid dienone is 2. The summed E-state index contributed by atoms with van der Waals surface area (Å²) in [4.78, 5) is 14.0. The fourth-order valence-electron chi connectivity index (χ4n) is 2.39. The number of ether oxygens (including phenoxy) is 1. The second-order valence-electron chi connectivity index (χ2n) is 6.48. The zero-order valence-electron chi connectivity index (χ0n) is 13.2. The number of nitrogens with one attached hydrogen (secondary N) is 1. The lowest BCUT2D eigenvalue weighted by molar-refractivity contribution is 0.0313. The number of nitrogens with zero attached hydrogens (tertiary/aromatic N) is 1. The maximum absolute atomic E-state index is 12.5. The fraction of sp³-hybridized carbons (Fsp3) is 0.533. The van der Waals surface area contributed by atoms with E-state index in [1.807, 2.05) is 12.3 Å². The highest BCUT2D eigenvalue weighted by Crippen LogP contribution is 2.29. The number of carbonyl (C=O) groups is 1. The van der Waals surface area contributed by atoms with Crippen molar-refractivity contribution in [2.24, 2.45) is 0 Å². The molecule has 0 aromatic heterocycles. The molecular weight excluding hydrogens is 283 g/mol. The van der Waals surface area contributed by atoms with E-state index in [0.29, 0.717) is 0 Å². The van der Waals surface area contributed by atoms with Crippen LogP contribution in [0.25, 0.3) is 0 Å². The number of amides is 1. The van der Waals surface area contributed by atoms with Crippen LogP contribution in [-0.2, 0) is 4.74 Å². The van der Waals surface area contributed by atoms with E-state index < -0.39 is 24.6 Å². The van der Waals surface area contributed by atoms with Crippen LogP contribution < -0.4 is 5.32 Å². The van der Waals surface area contributed by atoms with E-state index >= 15 is 0 Å². The van der Waals surface area contributed by atoms with Crippen molar-refractivity contribution in [3.63, 3.8) is 0 Å². The summed E-state index contributed by atoms with van der Waals surface area (Å²) < 4.78 is 5.44. The maximum atomic E-state index is 12.5. The van der Waals surface area contributed by atoms with E-state index in [0.717, 1.165) is 24.2 Å². The van der Waals surface area contributed by atoms with Gasteiger partial charge in [0, 0.05) is 24.6 Å². The predicted octanol–water partition coefficient (Wildman–Crippen LogP) is 1.40. The SMILES string of the molecule is CC(C)(C)OC(=O)N1CC(B(O)O)C=CC1=C1C=CNCC1. The zero-order chi connectivity index (χ0) is 16.3. The molecule has 6 nitrogen and oxygen atoms in total. The van der Waals surface area contributed by atoms with Crippen molar-refractivity contribution in [1.29, 1.82) is 0 Å². The molecule has 22 heavy (non-hydrogen) atoms. The van der Waals surface area contributed by atoms with Gasteiger partial charge in [-0.3, -0.25) is 4.90 Å². The summed E-state index contributed by atoms with van der Waals surface area (Å²) in [5.74, 6) is -0.525. The molecule has 2 aliphatic heterocycles. The van der Waals surface area contributed by atoms with Crippen molar-refractivity contribution in [1.82, 2.24) is 10.2 Å². The monoisotopic (exact) mass is 306 g/mol. The van der Waals surface area contributed by atoms with Gasteiger partial charge in [-0.25, -0.2) is 4.79 Å². The number of hydrogen-bond acceptors (Lipinski definition) is 5. The van der Waals surface area contributed by atoms with Gasteiger partial charge in [0.15, 0.2) is 0 Å². The van der Waals surface area contributed by atoms with Crippen LogP contribution in [0.3, 0.4) is 0 Å². The molecule has 1 amide bonds. The molecule has 2 heterocycles. The van der Waals surface area contributed by atoms with Crippen LogP contribution in [0.1, 0.15) is 27.2 Å². The van der Waals surface area contributed by atoms with Crippen LogP contribution in [0.5, 0.6) is 0 Å². The average molecular weight is 306 g/mol. The molecule has 2 rings (SSSR count). The van der Waals surface area contributed by atoms with Gasteiger partial charge in [-0.1, -0.05) is 6.08 Å². The highest BCUT2D eigenvalue weighted by Gasteiger charge is 2.33. The number of carbonyl (C=O) groups excluding carboxylic acids is 1. The minimum Gasteiger partial charge on any atom is -0.443 e. The quantitative estimate of drug-likeness (QED) is 0.638. The van der Waals surface area contributed by atoms with Gasteiger partial charge in [0.05, 0.1) is 0 Å². The van der Waals surface area contributed by atoms with Crippen molar-refractivity contribution >= 4 is 13.2 Å². The van der Waals surface area contributed by atoms with Crippen molar-refractivity contribution in [2.75, 3.05) is 13.1 Å². The normalized spacial score (nSPS) is 25.0. The van der Waals surface area contributed by atoms with E-state index in [-0.39, 0.29) is 6.54 Å². The Morgan fingerprint density at radius 1 is 1.41 bits per heavy atom. The number of hydrogen-bond donors (Lipinski definition) is 3. The molecule has 120 valence electrons. The highest BCUT2D eigenvalue weighted by atomic mass is 16.6. The molecular formula is C15H23BN2O4. The van der Waals surface area contributed by atoms with Gasteiger partial charge in [0.25, 0.3) is 0 Å². The second kappa shape index (κ2) is 6.58. The second-order valence-corrected chi connectivity index (χ2v) is 6.48. The summed E-state index contributed by atoms with van der Waals surface area (Å²) >= 11 is 0. The lowest BCUT2D eigenvalue weighted by atomic mass is 9.71. The maximum Gasteiger partial charge on any atom is 0.460 e. The Morgan fingerprint density at radius 2 is 2.14 bits per heavy atom.